The first-order valence-corrected chi connectivity index (χ1v) is 5.09. The third-order valence-corrected chi connectivity index (χ3v) is 2.78. The monoisotopic (exact) mass is 206 g/mol. The summed E-state index contributed by atoms with van der Waals surface area (Å²) < 4.78 is 12.4. The minimum Gasteiger partial charge on any atom is -0.368 e. The van der Waals surface area contributed by atoms with Gasteiger partial charge in [0, 0.05) is 12.2 Å². The number of rotatable bonds is 2. The average molecular weight is 206 g/mol. The van der Waals surface area contributed by atoms with Gasteiger partial charge in [-0.2, -0.15) is 0 Å². The number of halogens is 1. The summed E-state index contributed by atoms with van der Waals surface area (Å²) in [5, 5.41) is 3.18. The first-order chi connectivity index (χ1) is 7.24. The molecule has 2 nitrogen and oxygen atoms in total. The summed E-state index contributed by atoms with van der Waals surface area (Å²) in [7, 11) is 0. The number of hydrogen-bond acceptors (Lipinski definition) is 2. The molecular formula is C12H15FN2. The Balaban J connectivity index is 2.43. The van der Waals surface area contributed by atoms with Crippen molar-refractivity contribution in [2.45, 2.75) is 13.5 Å². The van der Waals surface area contributed by atoms with E-state index in [2.05, 4.69) is 24.9 Å². The summed E-state index contributed by atoms with van der Waals surface area (Å²) in [4.78, 5) is 1.89. The molecule has 1 heterocycles. The van der Waals surface area contributed by atoms with Gasteiger partial charge >= 0.3 is 0 Å². The molecule has 0 spiro atoms. The van der Waals surface area contributed by atoms with E-state index in [0.29, 0.717) is 6.54 Å². The molecule has 0 saturated carbocycles. The number of hydrogen-bond donors (Lipinski definition) is 1. The Morgan fingerprint density at radius 3 is 3.07 bits per heavy atom. The van der Waals surface area contributed by atoms with Crippen LogP contribution in [0.5, 0.6) is 0 Å². The van der Waals surface area contributed by atoms with Crippen molar-refractivity contribution in [3.05, 3.63) is 41.7 Å². The van der Waals surface area contributed by atoms with E-state index in [1.54, 1.807) is 0 Å². The number of fused-ring (bicyclic) bond motifs is 1. The highest BCUT2D eigenvalue weighted by atomic mass is 19.1. The minimum absolute atomic E-state index is 0.363. The molecule has 0 saturated heterocycles. The normalized spacial score (nSPS) is 14.8. The first-order valence-electron chi connectivity index (χ1n) is 5.09. The van der Waals surface area contributed by atoms with Crippen LogP contribution in [0.15, 0.2) is 30.6 Å². The molecule has 0 amide bonds. The molecule has 1 aromatic rings. The maximum Gasteiger partial charge on any atom is 0.107 e. The summed E-state index contributed by atoms with van der Waals surface area (Å²) in [5.74, 6) is 0.783. The van der Waals surface area contributed by atoms with Crippen LogP contribution >= 0.6 is 0 Å². The van der Waals surface area contributed by atoms with Gasteiger partial charge in [0.05, 0.1) is 12.4 Å². The summed E-state index contributed by atoms with van der Waals surface area (Å²) in [6, 6.07) is 6.09. The van der Waals surface area contributed by atoms with E-state index in [1.165, 1.54) is 11.1 Å². The van der Waals surface area contributed by atoms with Gasteiger partial charge in [-0.15, -0.1) is 0 Å². The molecule has 2 rings (SSSR count). The molecule has 0 atom stereocenters. The average Bonchev–Trinajstić information content (AvgIpc) is 2.23. The summed E-state index contributed by atoms with van der Waals surface area (Å²) in [6.45, 7) is 6.74. The molecule has 0 bridgehead atoms. The molecule has 0 aliphatic carbocycles. The highest BCUT2D eigenvalue weighted by Gasteiger charge is 2.19. The lowest BCUT2D eigenvalue weighted by atomic mass is 10.0. The smallest absolute Gasteiger partial charge is 0.107 e. The lowest BCUT2D eigenvalue weighted by Crippen LogP contribution is -2.37. The topological polar surface area (TPSA) is 15.3 Å². The van der Waals surface area contributed by atoms with Crippen LogP contribution in [-0.4, -0.2) is 13.2 Å². The second-order valence-electron chi connectivity index (χ2n) is 3.71. The van der Waals surface area contributed by atoms with Crippen molar-refractivity contribution in [3.63, 3.8) is 0 Å². The van der Waals surface area contributed by atoms with E-state index >= 15 is 0 Å². The Labute approximate surface area is 89.4 Å². The van der Waals surface area contributed by atoms with Crippen LogP contribution in [0, 0.1) is 6.92 Å². The fraction of sp³-hybridized carbons (Fsp3) is 0.333. The highest BCUT2D eigenvalue weighted by molar-refractivity contribution is 5.62. The number of benzene rings is 1. The standard InChI is InChI=1S/C12H15FN2/c1-9-4-3-5-12-11(9)8-14-10(2)15(12)7-6-13/h3-5,14H,2,6-8H2,1H3. The molecule has 3 heteroatoms. The van der Waals surface area contributed by atoms with E-state index in [-0.39, 0.29) is 6.67 Å². The van der Waals surface area contributed by atoms with Gasteiger partial charge in [0.1, 0.15) is 6.67 Å². The second kappa shape index (κ2) is 3.93. The molecule has 1 aliphatic heterocycles. The van der Waals surface area contributed by atoms with E-state index in [9.17, 15) is 4.39 Å². The van der Waals surface area contributed by atoms with Gasteiger partial charge in [-0.05, 0) is 24.1 Å². The first kappa shape index (κ1) is 10.0. The number of aryl methyl sites for hydroxylation is 1. The van der Waals surface area contributed by atoms with E-state index in [0.717, 1.165) is 18.1 Å². The number of alkyl halides is 1. The van der Waals surface area contributed by atoms with E-state index < -0.39 is 0 Å². The van der Waals surface area contributed by atoms with Crippen LogP contribution in [0.1, 0.15) is 11.1 Å². The van der Waals surface area contributed by atoms with Gasteiger partial charge < -0.3 is 10.2 Å². The molecule has 15 heavy (non-hydrogen) atoms. The molecule has 0 unspecified atom stereocenters. The Bertz CT molecular complexity index is 387. The van der Waals surface area contributed by atoms with E-state index in [4.69, 9.17) is 0 Å². The largest absolute Gasteiger partial charge is 0.368 e. The van der Waals surface area contributed by atoms with E-state index in [1.807, 2.05) is 17.0 Å². The quantitative estimate of drug-likeness (QED) is 0.799. The molecule has 0 radical (unpaired) electrons. The lowest BCUT2D eigenvalue weighted by molar-refractivity contribution is 0.491. The fourth-order valence-electron chi connectivity index (χ4n) is 1.94. The fourth-order valence-corrected chi connectivity index (χ4v) is 1.94. The van der Waals surface area contributed by atoms with Crippen LogP contribution in [0.3, 0.4) is 0 Å². The molecule has 1 aliphatic rings. The van der Waals surface area contributed by atoms with Crippen molar-refractivity contribution in [3.8, 4) is 0 Å². The van der Waals surface area contributed by atoms with Gasteiger partial charge in [0.2, 0.25) is 0 Å². The van der Waals surface area contributed by atoms with Crippen LogP contribution in [-0.2, 0) is 6.54 Å². The third kappa shape index (κ3) is 1.69. The van der Waals surface area contributed by atoms with Gasteiger partial charge in [0.25, 0.3) is 0 Å². The molecule has 80 valence electrons. The number of anilines is 1. The second-order valence-corrected chi connectivity index (χ2v) is 3.71. The van der Waals surface area contributed by atoms with Crippen LogP contribution < -0.4 is 10.2 Å². The number of nitrogens with one attached hydrogen (secondary N) is 1. The Morgan fingerprint density at radius 2 is 2.33 bits per heavy atom. The zero-order chi connectivity index (χ0) is 10.8. The predicted molar refractivity (Wildman–Crippen MR) is 60.5 cm³/mol. The van der Waals surface area contributed by atoms with Crippen molar-refractivity contribution < 1.29 is 4.39 Å². The van der Waals surface area contributed by atoms with Crippen LogP contribution in [0.25, 0.3) is 0 Å². The van der Waals surface area contributed by atoms with Gasteiger partial charge in [-0.25, -0.2) is 4.39 Å². The van der Waals surface area contributed by atoms with Gasteiger partial charge in [-0.3, -0.25) is 0 Å². The molecule has 1 N–H and O–H groups in total. The Kier molecular flexibility index (Phi) is 2.62. The zero-order valence-electron chi connectivity index (χ0n) is 8.89. The molecular weight excluding hydrogens is 191 g/mol. The summed E-state index contributed by atoms with van der Waals surface area (Å²) in [6.07, 6.45) is 0. The molecule has 1 aromatic carbocycles. The summed E-state index contributed by atoms with van der Waals surface area (Å²) in [5.41, 5.74) is 3.55. The highest BCUT2D eigenvalue weighted by Crippen LogP contribution is 2.29. The third-order valence-electron chi connectivity index (χ3n) is 2.78. The molecule has 0 fully saturated rings. The van der Waals surface area contributed by atoms with Crippen LogP contribution in [0.4, 0.5) is 10.1 Å². The van der Waals surface area contributed by atoms with Crippen molar-refractivity contribution in [2.75, 3.05) is 18.1 Å². The zero-order valence-corrected chi connectivity index (χ0v) is 8.89. The van der Waals surface area contributed by atoms with Crippen molar-refractivity contribution in [1.82, 2.24) is 5.32 Å². The van der Waals surface area contributed by atoms with Crippen molar-refractivity contribution in [1.29, 1.82) is 0 Å². The molecule has 0 aromatic heterocycles. The predicted octanol–water partition coefficient (Wildman–Crippen LogP) is 2.35. The summed E-state index contributed by atoms with van der Waals surface area (Å²) >= 11 is 0. The van der Waals surface area contributed by atoms with Gasteiger partial charge in [0.15, 0.2) is 0 Å². The Hall–Kier alpha value is -1.51. The maximum absolute atomic E-state index is 12.4. The SMILES string of the molecule is C=C1NCc2c(C)cccc2N1CCF. The lowest BCUT2D eigenvalue weighted by Gasteiger charge is -2.34. The van der Waals surface area contributed by atoms with Gasteiger partial charge in [-0.1, -0.05) is 18.7 Å². The maximum atomic E-state index is 12.4. The van der Waals surface area contributed by atoms with Crippen molar-refractivity contribution >= 4 is 5.69 Å². The number of nitrogens with zero attached hydrogens (tertiary/aromatic N) is 1. The minimum atomic E-state index is -0.367. The Morgan fingerprint density at radius 1 is 1.53 bits per heavy atom. The van der Waals surface area contributed by atoms with Crippen LogP contribution in [0.2, 0.25) is 0 Å². The van der Waals surface area contributed by atoms with Crippen molar-refractivity contribution in [2.24, 2.45) is 0 Å².